The number of fused-ring (bicyclic) bond motifs is 1. The molecule has 1 amide bonds. The standard InChI is InChI=1S/C27H26N4O3/c1-18-8-10-19(11-9-18)23-16-24(20-12-14-21(33-2)15-13-20)31-27(28-17-29-31)30(23)26(32)22-6-4-5-7-25(22)34-3/h4-15,17,23-24H,16H2,1-3H3/t23-,24-/m1/s1. The van der Waals surface area contributed by atoms with Crippen molar-refractivity contribution < 1.29 is 14.3 Å². The second kappa shape index (κ2) is 9.02. The van der Waals surface area contributed by atoms with Crippen LogP contribution in [0.2, 0.25) is 0 Å². The Morgan fingerprint density at radius 3 is 2.26 bits per heavy atom. The number of para-hydroxylation sites is 1. The number of aromatic nitrogens is 3. The lowest BCUT2D eigenvalue weighted by molar-refractivity contribution is 0.0960. The van der Waals surface area contributed by atoms with Gasteiger partial charge in [-0.05, 0) is 48.7 Å². The molecule has 0 fully saturated rings. The van der Waals surface area contributed by atoms with Crippen molar-refractivity contribution in [3.8, 4) is 11.5 Å². The number of nitrogens with zero attached hydrogens (tertiary/aromatic N) is 4. The Labute approximate surface area is 198 Å². The SMILES string of the molecule is COc1ccc([C@H]2C[C@H](c3ccc(C)cc3)N(C(=O)c3ccccc3OC)c3ncnn32)cc1. The first-order valence-corrected chi connectivity index (χ1v) is 11.2. The van der Waals surface area contributed by atoms with Gasteiger partial charge in [-0.15, -0.1) is 0 Å². The molecule has 1 aliphatic heterocycles. The Hall–Kier alpha value is -4.13. The van der Waals surface area contributed by atoms with Gasteiger partial charge < -0.3 is 9.47 Å². The number of methoxy groups -OCH3 is 2. The van der Waals surface area contributed by atoms with Crippen LogP contribution in [0.15, 0.2) is 79.1 Å². The van der Waals surface area contributed by atoms with Gasteiger partial charge in [-0.2, -0.15) is 10.1 Å². The van der Waals surface area contributed by atoms with Crippen molar-refractivity contribution in [3.05, 3.63) is 101 Å². The topological polar surface area (TPSA) is 69.5 Å². The van der Waals surface area contributed by atoms with Crippen molar-refractivity contribution in [1.29, 1.82) is 0 Å². The summed E-state index contributed by atoms with van der Waals surface area (Å²) in [6.07, 6.45) is 2.15. The molecule has 0 saturated heterocycles. The molecular formula is C27H26N4O3. The summed E-state index contributed by atoms with van der Waals surface area (Å²) in [5.74, 6) is 1.65. The van der Waals surface area contributed by atoms with Crippen molar-refractivity contribution in [2.75, 3.05) is 19.1 Å². The summed E-state index contributed by atoms with van der Waals surface area (Å²) in [6, 6.07) is 23.2. The summed E-state index contributed by atoms with van der Waals surface area (Å²) >= 11 is 0. The summed E-state index contributed by atoms with van der Waals surface area (Å²) in [5, 5.41) is 4.52. The molecule has 0 unspecified atom stereocenters. The molecule has 4 aromatic rings. The Bertz CT molecular complexity index is 1300. The number of carbonyl (C=O) groups is 1. The van der Waals surface area contributed by atoms with E-state index in [1.807, 2.05) is 41.1 Å². The van der Waals surface area contributed by atoms with Crippen LogP contribution in [-0.4, -0.2) is 34.9 Å². The lowest BCUT2D eigenvalue weighted by Crippen LogP contribution is -2.42. The molecule has 34 heavy (non-hydrogen) atoms. The molecule has 0 aliphatic carbocycles. The highest BCUT2D eigenvalue weighted by Gasteiger charge is 2.40. The second-order valence-electron chi connectivity index (χ2n) is 8.33. The van der Waals surface area contributed by atoms with Crippen LogP contribution in [0.25, 0.3) is 0 Å². The maximum absolute atomic E-state index is 14.0. The zero-order valence-electron chi connectivity index (χ0n) is 19.4. The zero-order chi connectivity index (χ0) is 23.7. The summed E-state index contributed by atoms with van der Waals surface area (Å²) < 4.78 is 12.7. The largest absolute Gasteiger partial charge is 0.497 e. The van der Waals surface area contributed by atoms with E-state index in [-0.39, 0.29) is 18.0 Å². The van der Waals surface area contributed by atoms with Gasteiger partial charge in [0.1, 0.15) is 17.8 Å². The van der Waals surface area contributed by atoms with E-state index in [0.29, 0.717) is 23.7 Å². The molecule has 2 heterocycles. The van der Waals surface area contributed by atoms with Crippen LogP contribution in [-0.2, 0) is 0 Å². The van der Waals surface area contributed by atoms with E-state index in [0.717, 1.165) is 22.4 Å². The highest BCUT2D eigenvalue weighted by atomic mass is 16.5. The average Bonchev–Trinajstić information content (AvgIpc) is 3.38. The minimum atomic E-state index is -0.234. The lowest BCUT2D eigenvalue weighted by atomic mass is 9.91. The molecule has 5 rings (SSSR count). The average molecular weight is 455 g/mol. The molecule has 0 radical (unpaired) electrons. The molecule has 1 aliphatic rings. The van der Waals surface area contributed by atoms with Gasteiger partial charge in [0.25, 0.3) is 5.91 Å². The predicted molar refractivity (Wildman–Crippen MR) is 129 cm³/mol. The number of hydrogen-bond donors (Lipinski definition) is 0. The Morgan fingerprint density at radius 2 is 1.56 bits per heavy atom. The minimum absolute atomic E-state index is 0.0866. The molecular weight excluding hydrogens is 428 g/mol. The van der Waals surface area contributed by atoms with Gasteiger partial charge in [-0.3, -0.25) is 9.69 Å². The fourth-order valence-electron chi connectivity index (χ4n) is 4.55. The van der Waals surface area contributed by atoms with Crippen LogP contribution in [0.3, 0.4) is 0 Å². The van der Waals surface area contributed by atoms with Crippen LogP contribution < -0.4 is 14.4 Å². The Morgan fingerprint density at radius 1 is 0.882 bits per heavy atom. The van der Waals surface area contributed by atoms with E-state index in [4.69, 9.17) is 9.47 Å². The number of carbonyl (C=O) groups excluding carboxylic acids is 1. The van der Waals surface area contributed by atoms with E-state index < -0.39 is 0 Å². The normalized spacial score (nSPS) is 17.2. The van der Waals surface area contributed by atoms with Gasteiger partial charge in [-0.25, -0.2) is 4.68 Å². The third-order valence-electron chi connectivity index (χ3n) is 6.34. The number of ether oxygens (including phenoxy) is 2. The number of rotatable bonds is 5. The first-order valence-electron chi connectivity index (χ1n) is 11.2. The van der Waals surface area contributed by atoms with Crippen molar-refractivity contribution in [2.45, 2.75) is 25.4 Å². The van der Waals surface area contributed by atoms with E-state index in [1.165, 1.54) is 6.33 Å². The minimum Gasteiger partial charge on any atom is -0.497 e. The highest BCUT2D eigenvalue weighted by Crippen LogP contribution is 2.43. The molecule has 7 nitrogen and oxygen atoms in total. The van der Waals surface area contributed by atoms with Crippen LogP contribution in [0.4, 0.5) is 5.95 Å². The number of anilines is 1. The maximum atomic E-state index is 14.0. The van der Waals surface area contributed by atoms with Crippen LogP contribution >= 0.6 is 0 Å². The van der Waals surface area contributed by atoms with Gasteiger partial charge in [-0.1, -0.05) is 54.1 Å². The second-order valence-corrected chi connectivity index (χ2v) is 8.33. The molecule has 172 valence electrons. The van der Waals surface area contributed by atoms with Gasteiger partial charge >= 0.3 is 0 Å². The van der Waals surface area contributed by atoms with Crippen molar-refractivity contribution >= 4 is 11.9 Å². The monoisotopic (exact) mass is 454 g/mol. The van der Waals surface area contributed by atoms with Gasteiger partial charge in [0.2, 0.25) is 5.95 Å². The van der Waals surface area contributed by atoms with E-state index in [2.05, 4.69) is 41.3 Å². The molecule has 2 atom stereocenters. The molecule has 0 bridgehead atoms. The molecule has 1 aromatic heterocycles. The van der Waals surface area contributed by atoms with Crippen LogP contribution in [0, 0.1) is 6.92 Å². The molecule has 0 N–H and O–H groups in total. The van der Waals surface area contributed by atoms with Gasteiger partial charge in [0.05, 0.1) is 31.9 Å². The van der Waals surface area contributed by atoms with Crippen molar-refractivity contribution in [1.82, 2.24) is 14.8 Å². The number of benzene rings is 3. The van der Waals surface area contributed by atoms with Gasteiger partial charge in [0.15, 0.2) is 0 Å². The summed E-state index contributed by atoms with van der Waals surface area (Å²) in [7, 11) is 3.22. The van der Waals surface area contributed by atoms with E-state index in [1.54, 1.807) is 31.3 Å². The smallest absolute Gasteiger partial charge is 0.264 e. The first-order chi connectivity index (χ1) is 16.6. The first kappa shape index (κ1) is 21.7. The predicted octanol–water partition coefficient (Wildman–Crippen LogP) is 4.98. The van der Waals surface area contributed by atoms with Gasteiger partial charge in [0, 0.05) is 0 Å². The maximum Gasteiger partial charge on any atom is 0.264 e. The zero-order valence-corrected chi connectivity index (χ0v) is 19.4. The molecule has 0 saturated carbocycles. The van der Waals surface area contributed by atoms with Crippen LogP contribution in [0.5, 0.6) is 11.5 Å². The Kier molecular flexibility index (Phi) is 5.76. The third-order valence-corrected chi connectivity index (χ3v) is 6.34. The third kappa shape index (κ3) is 3.79. The molecule has 3 aromatic carbocycles. The van der Waals surface area contributed by atoms with Crippen LogP contribution in [0.1, 0.15) is 45.6 Å². The fourth-order valence-corrected chi connectivity index (χ4v) is 4.55. The fraction of sp³-hybridized carbons (Fsp3) is 0.222. The van der Waals surface area contributed by atoms with Crippen molar-refractivity contribution in [2.24, 2.45) is 0 Å². The molecule has 7 heteroatoms. The summed E-state index contributed by atoms with van der Waals surface area (Å²) in [4.78, 5) is 20.2. The number of aryl methyl sites for hydroxylation is 1. The summed E-state index contributed by atoms with van der Waals surface area (Å²) in [5.41, 5.74) is 3.77. The number of hydrogen-bond acceptors (Lipinski definition) is 5. The summed E-state index contributed by atoms with van der Waals surface area (Å²) in [6.45, 7) is 2.05. The Balaban J connectivity index is 1.64. The lowest BCUT2D eigenvalue weighted by Gasteiger charge is -2.39. The van der Waals surface area contributed by atoms with E-state index in [9.17, 15) is 4.79 Å². The van der Waals surface area contributed by atoms with Crippen molar-refractivity contribution in [3.63, 3.8) is 0 Å². The quantitative estimate of drug-likeness (QED) is 0.425. The highest BCUT2D eigenvalue weighted by molar-refractivity contribution is 6.07. The molecule has 0 spiro atoms. The number of amides is 1. The van der Waals surface area contributed by atoms with E-state index >= 15 is 0 Å².